The monoisotopic (exact) mass is 330 g/mol. The summed E-state index contributed by atoms with van der Waals surface area (Å²) in [6, 6.07) is 28.9. The molecule has 3 rings (SSSR count). The molecule has 0 heterocycles. The van der Waals surface area contributed by atoms with Crippen LogP contribution in [0, 0.1) is 0 Å². The predicted octanol–water partition coefficient (Wildman–Crippen LogP) is 3.46. The van der Waals surface area contributed by atoms with Gasteiger partial charge >= 0.3 is 0 Å². The Balaban J connectivity index is 1.77. The Morgan fingerprint density at radius 3 is 1.68 bits per heavy atom. The number of carbonyl (C=O) groups is 1. The van der Waals surface area contributed by atoms with Crippen molar-refractivity contribution < 1.29 is 4.79 Å². The van der Waals surface area contributed by atoms with Crippen molar-refractivity contribution in [1.82, 2.24) is 5.32 Å². The van der Waals surface area contributed by atoms with Gasteiger partial charge in [0, 0.05) is 0 Å². The maximum Gasteiger partial charge on any atom is 0.238 e. The molecule has 0 aromatic heterocycles. The molecular weight excluding hydrogens is 308 g/mol. The molecule has 3 aromatic rings. The maximum atomic E-state index is 12.7. The molecule has 3 nitrogen and oxygen atoms in total. The largest absolute Gasteiger partial charge is 0.344 e. The van der Waals surface area contributed by atoms with Crippen molar-refractivity contribution >= 4 is 5.91 Å². The quantitative estimate of drug-likeness (QED) is 0.727. The average Bonchev–Trinajstić information content (AvgIpc) is 2.68. The van der Waals surface area contributed by atoms with Crippen LogP contribution in [0.2, 0.25) is 0 Å². The van der Waals surface area contributed by atoms with E-state index in [2.05, 4.69) is 5.32 Å². The van der Waals surface area contributed by atoms with Gasteiger partial charge in [0.1, 0.15) is 0 Å². The highest BCUT2D eigenvalue weighted by molar-refractivity contribution is 5.82. The third-order valence-electron chi connectivity index (χ3n) is 4.19. The van der Waals surface area contributed by atoms with Gasteiger partial charge in [-0.3, -0.25) is 4.79 Å². The first-order valence-corrected chi connectivity index (χ1v) is 8.44. The Morgan fingerprint density at radius 1 is 0.760 bits per heavy atom. The molecule has 0 saturated carbocycles. The van der Waals surface area contributed by atoms with E-state index in [4.69, 9.17) is 5.73 Å². The van der Waals surface area contributed by atoms with Crippen LogP contribution in [0.5, 0.6) is 0 Å². The van der Waals surface area contributed by atoms with Gasteiger partial charge in [-0.15, -0.1) is 0 Å². The Kier molecular flexibility index (Phi) is 5.60. The number of benzene rings is 3. The molecule has 3 heteroatoms. The number of hydrogen-bond donors (Lipinski definition) is 2. The number of rotatable bonds is 6. The highest BCUT2D eigenvalue weighted by Crippen LogP contribution is 2.21. The lowest BCUT2D eigenvalue weighted by molar-refractivity contribution is -0.122. The zero-order valence-corrected chi connectivity index (χ0v) is 14.0. The zero-order chi connectivity index (χ0) is 17.5. The van der Waals surface area contributed by atoms with Crippen LogP contribution < -0.4 is 11.1 Å². The molecule has 0 aliphatic rings. The van der Waals surface area contributed by atoms with Crippen molar-refractivity contribution in [2.75, 3.05) is 0 Å². The fourth-order valence-electron chi connectivity index (χ4n) is 2.86. The maximum absolute atomic E-state index is 12.7. The third-order valence-corrected chi connectivity index (χ3v) is 4.19. The summed E-state index contributed by atoms with van der Waals surface area (Å²) < 4.78 is 0. The molecule has 3 aromatic carbocycles. The minimum atomic E-state index is -0.586. The number of amides is 1. The Bertz CT molecular complexity index is 749. The van der Waals surface area contributed by atoms with Crippen molar-refractivity contribution in [3.8, 4) is 0 Å². The summed E-state index contributed by atoms with van der Waals surface area (Å²) in [5.74, 6) is -0.151. The summed E-state index contributed by atoms with van der Waals surface area (Å²) >= 11 is 0. The summed E-state index contributed by atoms with van der Waals surface area (Å²) in [6.45, 7) is 0. The number of nitrogens with one attached hydrogen (secondary N) is 1. The molecule has 0 bridgehead atoms. The van der Waals surface area contributed by atoms with Gasteiger partial charge in [0.25, 0.3) is 0 Å². The number of hydrogen-bond acceptors (Lipinski definition) is 2. The summed E-state index contributed by atoms with van der Waals surface area (Å²) in [4.78, 5) is 12.7. The minimum absolute atomic E-state index is 0.151. The predicted molar refractivity (Wildman–Crippen MR) is 101 cm³/mol. The summed E-state index contributed by atoms with van der Waals surface area (Å²) in [5.41, 5.74) is 9.27. The molecule has 0 unspecified atom stereocenters. The first-order chi connectivity index (χ1) is 12.2. The second kappa shape index (κ2) is 8.27. The smallest absolute Gasteiger partial charge is 0.238 e. The van der Waals surface area contributed by atoms with E-state index in [0.29, 0.717) is 6.42 Å². The molecule has 0 saturated heterocycles. The van der Waals surface area contributed by atoms with Crippen LogP contribution in [0.1, 0.15) is 22.7 Å². The molecule has 0 aliphatic carbocycles. The van der Waals surface area contributed by atoms with Crippen LogP contribution in [0.25, 0.3) is 0 Å². The summed E-state index contributed by atoms with van der Waals surface area (Å²) in [6.07, 6.45) is 0.517. The van der Waals surface area contributed by atoms with Gasteiger partial charge < -0.3 is 11.1 Å². The van der Waals surface area contributed by atoms with Gasteiger partial charge in [0.15, 0.2) is 0 Å². The molecule has 0 fully saturated rings. The first kappa shape index (κ1) is 16.9. The van der Waals surface area contributed by atoms with E-state index in [9.17, 15) is 4.79 Å². The Labute approximate surface area is 148 Å². The topological polar surface area (TPSA) is 55.1 Å². The van der Waals surface area contributed by atoms with Crippen LogP contribution in [-0.4, -0.2) is 11.9 Å². The second-order valence-corrected chi connectivity index (χ2v) is 6.06. The second-order valence-electron chi connectivity index (χ2n) is 6.06. The Morgan fingerprint density at radius 2 is 1.20 bits per heavy atom. The molecule has 0 aliphatic heterocycles. The standard InChI is InChI=1S/C22H22N2O/c23-20(16-17-10-4-1-5-11-17)22(25)24-21(18-12-6-2-7-13-18)19-14-8-3-9-15-19/h1-15,20-21H,16,23H2,(H,24,25)/t20-/m0/s1. The number of nitrogens with two attached hydrogens (primary N) is 1. The molecule has 3 N–H and O–H groups in total. The molecule has 25 heavy (non-hydrogen) atoms. The fourth-order valence-corrected chi connectivity index (χ4v) is 2.86. The van der Waals surface area contributed by atoms with E-state index in [1.165, 1.54) is 0 Å². The highest BCUT2D eigenvalue weighted by atomic mass is 16.2. The zero-order valence-electron chi connectivity index (χ0n) is 14.0. The van der Waals surface area contributed by atoms with Gasteiger partial charge in [-0.2, -0.15) is 0 Å². The minimum Gasteiger partial charge on any atom is -0.344 e. The Hall–Kier alpha value is -2.91. The molecule has 1 amide bonds. The van der Waals surface area contributed by atoms with Gasteiger partial charge in [-0.1, -0.05) is 91.0 Å². The van der Waals surface area contributed by atoms with E-state index in [0.717, 1.165) is 16.7 Å². The van der Waals surface area contributed by atoms with E-state index < -0.39 is 6.04 Å². The van der Waals surface area contributed by atoms with Crippen LogP contribution in [-0.2, 0) is 11.2 Å². The van der Waals surface area contributed by atoms with E-state index >= 15 is 0 Å². The third kappa shape index (κ3) is 4.55. The van der Waals surface area contributed by atoms with E-state index in [-0.39, 0.29) is 11.9 Å². The van der Waals surface area contributed by atoms with Crippen molar-refractivity contribution in [1.29, 1.82) is 0 Å². The van der Waals surface area contributed by atoms with Crippen molar-refractivity contribution in [3.05, 3.63) is 108 Å². The van der Waals surface area contributed by atoms with Gasteiger partial charge in [0.05, 0.1) is 12.1 Å². The van der Waals surface area contributed by atoms with E-state index in [1.807, 2.05) is 91.0 Å². The lowest BCUT2D eigenvalue weighted by Gasteiger charge is -2.22. The molecule has 0 radical (unpaired) electrons. The SMILES string of the molecule is N[C@@H](Cc1ccccc1)C(=O)NC(c1ccccc1)c1ccccc1. The molecule has 0 spiro atoms. The lowest BCUT2D eigenvalue weighted by Crippen LogP contribution is -2.43. The van der Waals surface area contributed by atoms with Crippen LogP contribution in [0.3, 0.4) is 0 Å². The van der Waals surface area contributed by atoms with Crippen molar-refractivity contribution in [3.63, 3.8) is 0 Å². The van der Waals surface area contributed by atoms with Gasteiger partial charge in [-0.25, -0.2) is 0 Å². The normalized spacial score (nSPS) is 11.9. The van der Waals surface area contributed by atoms with Crippen molar-refractivity contribution in [2.45, 2.75) is 18.5 Å². The van der Waals surface area contributed by atoms with E-state index in [1.54, 1.807) is 0 Å². The lowest BCUT2D eigenvalue weighted by atomic mass is 9.98. The first-order valence-electron chi connectivity index (χ1n) is 8.44. The van der Waals surface area contributed by atoms with Crippen LogP contribution in [0.15, 0.2) is 91.0 Å². The highest BCUT2D eigenvalue weighted by Gasteiger charge is 2.20. The summed E-state index contributed by atoms with van der Waals surface area (Å²) in [7, 11) is 0. The van der Waals surface area contributed by atoms with Crippen LogP contribution in [0.4, 0.5) is 0 Å². The fraction of sp³-hybridized carbons (Fsp3) is 0.136. The van der Waals surface area contributed by atoms with Gasteiger partial charge in [0.2, 0.25) is 5.91 Å². The molecule has 1 atom stereocenters. The average molecular weight is 330 g/mol. The van der Waals surface area contributed by atoms with Crippen molar-refractivity contribution in [2.24, 2.45) is 5.73 Å². The molecule has 126 valence electrons. The summed E-state index contributed by atoms with van der Waals surface area (Å²) in [5, 5.41) is 3.11. The van der Waals surface area contributed by atoms with Crippen LogP contribution >= 0.6 is 0 Å². The van der Waals surface area contributed by atoms with Gasteiger partial charge in [-0.05, 0) is 23.1 Å². The number of carbonyl (C=O) groups excluding carboxylic acids is 1. The molecular formula is C22H22N2O.